The Morgan fingerprint density at radius 2 is 1.20 bits per heavy atom. The minimum Gasteiger partial charge on any atom is -0.497 e. The number of nitrogens with one attached hydrogen (secondary N) is 2. The van der Waals surface area contributed by atoms with E-state index in [-0.39, 0.29) is 40.0 Å². The van der Waals surface area contributed by atoms with Crippen LogP contribution in [0.25, 0.3) is 27.7 Å². The van der Waals surface area contributed by atoms with Crippen molar-refractivity contribution >= 4 is 66.1 Å². The van der Waals surface area contributed by atoms with Gasteiger partial charge in [-0.25, -0.2) is 19.9 Å². The van der Waals surface area contributed by atoms with Crippen molar-refractivity contribution in [1.82, 2.24) is 24.5 Å². The van der Waals surface area contributed by atoms with E-state index in [2.05, 4.69) is 62.4 Å². The number of nitrogens with two attached hydrogens (primary N) is 1. The highest BCUT2D eigenvalue weighted by Gasteiger charge is 2.31. The summed E-state index contributed by atoms with van der Waals surface area (Å²) in [4.78, 5) is 42.3. The zero-order valence-corrected chi connectivity index (χ0v) is 40.5. The van der Waals surface area contributed by atoms with Crippen LogP contribution >= 0.6 is 31.9 Å². The molecular formula is C47H44Br2F6N8O6. The van der Waals surface area contributed by atoms with Crippen molar-refractivity contribution < 1.29 is 50.1 Å². The van der Waals surface area contributed by atoms with Crippen LogP contribution in [0, 0.1) is 0 Å². The molecule has 0 aliphatic heterocycles. The third-order valence-electron chi connectivity index (χ3n) is 9.66. The molecule has 1 atom stereocenters. The summed E-state index contributed by atoms with van der Waals surface area (Å²) in [5.41, 5.74) is 8.68. The minimum atomic E-state index is -4.44. The maximum atomic E-state index is 13.5. The minimum absolute atomic E-state index is 0.211. The molecule has 69 heavy (non-hydrogen) atoms. The van der Waals surface area contributed by atoms with Crippen LogP contribution in [0.5, 0.6) is 11.5 Å². The predicted molar refractivity (Wildman–Crippen MR) is 257 cm³/mol. The van der Waals surface area contributed by atoms with Crippen LogP contribution in [-0.2, 0) is 14.3 Å². The molecule has 14 nitrogen and oxygen atoms in total. The number of carbonyl (C=O) groups excluding carboxylic acids is 1. The van der Waals surface area contributed by atoms with Gasteiger partial charge in [-0.1, -0.05) is 56.1 Å². The van der Waals surface area contributed by atoms with Gasteiger partial charge in [0.05, 0.1) is 36.9 Å². The van der Waals surface area contributed by atoms with Crippen LogP contribution in [0.1, 0.15) is 36.0 Å². The average Bonchev–Trinajstić information content (AvgIpc) is 3.32. The van der Waals surface area contributed by atoms with Gasteiger partial charge in [0.15, 0.2) is 6.29 Å². The Kier molecular flexibility index (Phi) is 18.6. The number of hydrogen-bond donors (Lipinski definition) is 3. The smallest absolute Gasteiger partial charge is 0.405 e. The SMILES string of the molecule is COC(OC)c1cnc(NCC(F)(F)F)nc1C(C(C)=O)c1ccc(Br)cc1.COc1ccc(-n2cc3cnc(NCC(F)(F)F)nc3c(-c3ccc(Br)cc3)c2=O)cc1.COc1ccc(N)cc1. The molecule has 4 aromatic carbocycles. The highest BCUT2D eigenvalue weighted by molar-refractivity contribution is 9.10. The fourth-order valence-corrected chi connectivity index (χ4v) is 6.99. The van der Waals surface area contributed by atoms with Gasteiger partial charge in [-0.3, -0.25) is 14.2 Å². The van der Waals surface area contributed by atoms with Gasteiger partial charge in [-0.05, 0) is 90.8 Å². The van der Waals surface area contributed by atoms with Crippen molar-refractivity contribution in [2.45, 2.75) is 31.5 Å². The number of carbonyl (C=O) groups is 1. The molecule has 0 radical (unpaired) electrons. The van der Waals surface area contributed by atoms with E-state index < -0.39 is 37.7 Å². The lowest BCUT2D eigenvalue weighted by Gasteiger charge is -2.22. The summed E-state index contributed by atoms with van der Waals surface area (Å²) in [5, 5.41) is 4.80. The summed E-state index contributed by atoms with van der Waals surface area (Å²) in [6.07, 6.45) is -5.49. The topological polar surface area (TPSA) is 178 Å². The number of rotatable bonds is 14. The molecule has 3 aromatic heterocycles. The Morgan fingerprint density at radius 3 is 1.70 bits per heavy atom. The number of pyridine rings is 1. The number of methoxy groups -OCH3 is 4. The van der Waals surface area contributed by atoms with E-state index in [0.29, 0.717) is 33.5 Å². The molecule has 0 aliphatic carbocycles. The molecule has 0 spiro atoms. The van der Waals surface area contributed by atoms with Crippen LogP contribution in [-0.4, -0.2) is 84.2 Å². The summed E-state index contributed by atoms with van der Waals surface area (Å²) >= 11 is 6.70. The van der Waals surface area contributed by atoms with Gasteiger partial charge in [-0.2, -0.15) is 26.3 Å². The number of hydrogen-bond acceptors (Lipinski definition) is 13. The fourth-order valence-electron chi connectivity index (χ4n) is 6.46. The number of Topliss-reactive ketones (excluding diaryl/α,β-unsaturated/α-hetero) is 1. The van der Waals surface area contributed by atoms with Crippen molar-refractivity contribution in [2.75, 3.05) is 57.9 Å². The lowest BCUT2D eigenvalue weighted by atomic mass is 9.89. The van der Waals surface area contributed by atoms with Gasteiger partial charge >= 0.3 is 12.4 Å². The number of alkyl halides is 6. The molecule has 0 amide bonds. The van der Waals surface area contributed by atoms with Gasteiger partial charge < -0.3 is 35.3 Å². The lowest BCUT2D eigenvalue weighted by molar-refractivity contribution is -0.118. The second-order valence-electron chi connectivity index (χ2n) is 14.5. The van der Waals surface area contributed by atoms with Crippen molar-refractivity contribution in [1.29, 1.82) is 0 Å². The molecule has 364 valence electrons. The maximum absolute atomic E-state index is 13.5. The Bertz CT molecular complexity index is 2850. The van der Waals surface area contributed by atoms with E-state index in [4.69, 9.17) is 24.7 Å². The molecule has 0 fully saturated rings. The summed E-state index contributed by atoms with van der Waals surface area (Å²) in [6, 6.07) is 28.2. The zero-order chi connectivity index (χ0) is 50.5. The summed E-state index contributed by atoms with van der Waals surface area (Å²) in [6.45, 7) is -1.20. The largest absolute Gasteiger partial charge is 0.497 e. The second-order valence-corrected chi connectivity index (χ2v) is 16.4. The van der Waals surface area contributed by atoms with E-state index in [1.54, 1.807) is 105 Å². The monoisotopic (exact) mass is 1090 g/mol. The molecule has 7 rings (SSSR count). The predicted octanol–water partition coefficient (Wildman–Crippen LogP) is 10.7. The number of aromatic nitrogens is 5. The van der Waals surface area contributed by atoms with Crippen molar-refractivity contribution in [2.24, 2.45) is 0 Å². The maximum Gasteiger partial charge on any atom is 0.405 e. The van der Waals surface area contributed by atoms with E-state index in [9.17, 15) is 35.9 Å². The lowest BCUT2D eigenvalue weighted by Crippen LogP contribution is -2.24. The molecule has 4 N–H and O–H groups in total. The third kappa shape index (κ3) is 15.2. The van der Waals surface area contributed by atoms with Crippen LogP contribution in [0.2, 0.25) is 0 Å². The Balaban J connectivity index is 0.000000219. The molecule has 0 aliphatic rings. The van der Waals surface area contributed by atoms with E-state index in [1.807, 2.05) is 12.1 Å². The van der Waals surface area contributed by atoms with Crippen LogP contribution in [0.3, 0.4) is 0 Å². The van der Waals surface area contributed by atoms with Gasteiger partial charge in [0.25, 0.3) is 5.56 Å². The van der Waals surface area contributed by atoms with Crippen LogP contribution < -0.4 is 31.4 Å². The van der Waals surface area contributed by atoms with Gasteiger partial charge in [0.2, 0.25) is 11.9 Å². The molecule has 0 saturated heterocycles. The number of nitrogen functional groups attached to an aromatic ring is 1. The highest BCUT2D eigenvalue weighted by Crippen LogP contribution is 2.33. The average molecular weight is 1090 g/mol. The van der Waals surface area contributed by atoms with Gasteiger partial charge in [0.1, 0.15) is 30.4 Å². The van der Waals surface area contributed by atoms with E-state index >= 15 is 0 Å². The Morgan fingerprint density at radius 1 is 0.710 bits per heavy atom. The second kappa shape index (κ2) is 24.1. The zero-order valence-electron chi connectivity index (χ0n) is 37.3. The molecule has 22 heteroatoms. The first-order valence-electron chi connectivity index (χ1n) is 20.3. The Labute approximate surface area is 408 Å². The number of halogens is 8. The van der Waals surface area contributed by atoms with E-state index in [0.717, 1.165) is 20.4 Å². The van der Waals surface area contributed by atoms with Crippen molar-refractivity contribution in [3.63, 3.8) is 0 Å². The number of nitrogens with zero attached hydrogens (tertiary/aromatic N) is 5. The molecule has 0 bridgehead atoms. The first-order chi connectivity index (χ1) is 32.7. The quantitative estimate of drug-likeness (QED) is 0.0533. The van der Waals surface area contributed by atoms with Crippen LogP contribution in [0.15, 0.2) is 129 Å². The first-order valence-corrected chi connectivity index (χ1v) is 21.8. The number of ether oxygens (including phenoxy) is 4. The van der Waals surface area contributed by atoms with Gasteiger partial charge in [0, 0.05) is 64.1 Å². The fraction of sp³-hybridized carbons (Fsp3) is 0.234. The van der Waals surface area contributed by atoms with Crippen molar-refractivity contribution in [3.05, 3.63) is 152 Å². The molecule has 1 unspecified atom stereocenters. The van der Waals surface area contributed by atoms with E-state index in [1.165, 1.54) is 38.1 Å². The molecule has 7 aromatic rings. The summed E-state index contributed by atoms with van der Waals surface area (Å²) in [7, 11) is 5.97. The van der Waals surface area contributed by atoms with Crippen LogP contribution in [0.4, 0.5) is 43.9 Å². The molecule has 3 heterocycles. The van der Waals surface area contributed by atoms with Crippen molar-refractivity contribution in [3.8, 4) is 28.3 Å². The van der Waals surface area contributed by atoms with Gasteiger partial charge in [-0.15, -0.1) is 0 Å². The summed E-state index contributed by atoms with van der Waals surface area (Å²) in [5.74, 6) is -0.0517. The number of fused-ring (bicyclic) bond motifs is 1. The standard InChI is InChI=1S/C22H16BrF3N4O2.C18H19BrF3N3O3.C7H9NO/c1-32-17-8-6-16(7-9-17)30-11-14-10-27-21(28-12-22(24,25)26)29-19(14)18(20(30)31)13-2-4-15(23)5-3-13;1-10(26)14(11-4-6-12(19)7-5-11)15-13(16(27-2)28-3)8-23-17(25-15)24-9-18(20,21)22;1-9-7-4-2-6(8)3-5-7/h2-11H,12H2,1H3,(H,28,29);4-8,14,16H,9H2,1-3H3,(H,23,24,25);2-5H,8H2,1H3. The molecular weight excluding hydrogens is 1050 g/mol. The Hall–Kier alpha value is -6.62. The first kappa shape index (κ1) is 53.3. The third-order valence-corrected chi connectivity index (χ3v) is 10.7. The molecule has 0 saturated carbocycles. The normalized spacial score (nSPS) is 11.7. The highest BCUT2D eigenvalue weighted by atomic mass is 79.9. The number of anilines is 3. The number of ketones is 1. The number of benzene rings is 4. The summed E-state index contributed by atoms with van der Waals surface area (Å²) < 4.78 is 99.1.